The smallest absolute Gasteiger partial charge is 0.0252 e. The third-order valence-corrected chi connectivity index (χ3v) is 5.56. The van der Waals surface area contributed by atoms with Crippen LogP contribution in [0.1, 0.15) is 17.5 Å². The zero-order valence-corrected chi connectivity index (χ0v) is 12.7. The van der Waals surface area contributed by atoms with Crippen LogP contribution in [0.4, 0.5) is 0 Å². The van der Waals surface area contributed by atoms with Crippen LogP contribution in [-0.4, -0.2) is 14.0 Å². The summed E-state index contributed by atoms with van der Waals surface area (Å²) in [6, 6.07) is 20.6. The molecule has 1 saturated carbocycles. The molecule has 2 nitrogen and oxygen atoms in total. The van der Waals surface area contributed by atoms with E-state index in [0.29, 0.717) is 5.92 Å². The number of hydrogen-bond acceptors (Lipinski definition) is 2. The summed E-state index contributed by atoms with van der Waals surface area (Å²) in [4.78, 5) is 0. The van der Waals surface area contributed by atoms with E-state index in [9.17, 15) is 8.76 Å². The van der Waals surface area contributed by atoms with E-state index in [4.69, 9.17) is 0 Å². The molecule has 0 aliphatic heterocycles. The molecule has 0 N–H and O–H groups in total. The Bertz CT molecular complexity index is 597. The second-order valence-electron chi connectivity index (χ2n) is 5.84. The lowest BCUT2D eigenvalue weighted by atomic mass is 9.67. The highest BCUT2D eigenvalue weighted by Crippen LogP contribution is 2.42. The van der Waals surface area contributed by atoms with Gasteiger partial charge in [-0.15, -0.1) is 0 Å². The monoisotopic (exact) mass is 299 g/mol. The Hall–Kier alpha value is -1.45. The van der Waals surface area contributed by atoms with E-state index >= 15 is 0 Å². The molecule has 1 aliphatic rings. The molecule has 0 spiro atoms. The van der Waals surface area contributed by atoms with Crippen molar-refractivity contribution in [3.8, 4) is 0 Å². The Morgan fingerprint density at radius 3 is 1.95 bits per heavy atom. The summed E-state index contributed by atoms with van der Waals surface area (Å²) in [5, 5.41) is -0.182. The number of hydrogen-bond donors (Lipinski definition) is 0. The summed E-state index contributed by atoms with van der Waals surface area (Å²) in [7, 11) is 0. The minimum Gasteiger partial charge on any atom is -0.772 e. The van der Waals surface area contributed by atoms with Crippen molar-refractivity contribution in [2.75, 3.05) is 0 Å². The summed E-state index contributed by atoms with van der Waals surface area (Å²) < 4.78 is 22.8. The molecule has 4 unspecified atom stereocenters. The second kappa shape index (κ2) is 6.54. The minimum absolute atomic E-state index is 0.182. The van der Waals surface area contributed by atoms with Gasteiger partial charge >= 0.3 is 0 Å². The predicted octanol–water partition coefficient (Wildman–Crippen LogP) is 3.36. The molecule has 1 aliphatic carbocycles. The van der Waals surface area contributed by atoms with Crippen molar-refractivity contribution < 1.29 is 8.76 Å². The van der Waals surface area contributed by atoms with Gasteiger partial charge in [-0.05, 0) is 42.2 Å². The second-order valence-corrected chi connectivity index (χ2v) is 6.96. The van der Waals surface area contributed by atoms with Crippen LogP contribution in [0, 0.1) is 11.8 Å². The number of rotatable bonds is 5. The molecule has 21 heavy (non-hydrogen) atoms. The maximum absolute atomic E-state index is 11.4. The third-order valence-electron chi connectivity index (χ3n) is 4.52. The fourth-order valence-electron chi connectivity index (χ4n) is 3.31. The molecular weight excluding hydrogens is 280 g/mol. The van der Waals surface area contributed by atoms with Crippen molar-refractivity contribution in [2.45, 2.75) is 24.5 Å². The summed E-state index contributed by atoms with van der Waals surface area (Å²) in [6.07, 6.45) is 2.63. The lowest BCUT2D eigenvalue weighted by Crippen LogP contribution is -2.46. The topological polar surface area (TPSA) is 40.1 Å². The molecule has 3 rings (SSSR count). The molecule has 0 bridgehead atoms. The quantitative estimate of drug-likeness (QED) is 0.794. The molecule has 3 heteroatoms. The standard InChI is InChI=1S/C18H20O2S/c19-21(20)18-13-16(11-14-7-3-1-4-8-14)17(18)12-15-9-5-2-6-10-15/h1-10,16-18H,11-13H2,(H,19,20)/p-1. The van der Waals surface area contributed by atoms with Crippen molar-refractivity contribution in [1.29, 1.82) is 0 Å². The van der Waals surface area contributed by atoms with Gasteiger partial charge in [0.2, 0.25) is 0 Å². The van der Waals surface area contributed by atoms with Gasteiger partial charge in [0.25, 0.3) is 0 Å². The molecule has 0 radical (unpaired) electrons. The number of benzene rings is 2. The van der Waals surface area contributed by atoms with Gasteiger partial charge in [-0.2, -0.15) is 0 Å². The first-order valence-corrected chi connectivity index (χ1v) is 8.54. The molecule has 2 aromatic rings. The van der Waals surface area contributed by atoms with Gasteiger partial charge in [0.15, 0.2) is 0 Å². The highest BCUT2D eigenvalue weighted by molar-refractivity contribution is 7.79. The van der Waals surface area contributed by atoms with Crippen LogP contribution in [0.5, 0.6) is 0 Å². The van der Waals surface area contributed by atoms with Crippen LogP contribution in [0.3, 0.4) is 0 Å². The summed E-state index contributed by atoms with van der Waals surface area (Å²) >= 11 is -1.96. The van der Waals surface area contributed by atoms with E-state index in [1.807, 2.05) is 36.4 Å². The van der Waals surface area contributed by atoms with Crippen LogP contribution in [0.25, 0.3) is 0 Å². The lowest BCUT2D eigenvalue weighted by molar-refractivity contribution is 0.177. The molecule has 2 aromatic carbocycles. The van der Waals surface area contributed by atoms with Gasteiger partial charge in [-0.1, -0.05) is 71.7 Å². The zero-order chi connectivity index (χ0) is 14.7. The predicted molar refractivity (Wildman–Crippen MR) is 84.6 cm³/mol. The van der Waals surface area contributed by atoms with E-state index in [-0.39, 0.29) is 11.2 Å². The molecule has 110 valence electrons. The molecule has 0 amide bonds. The molecule has 1 fully saturated rings. The Balaban J connectivity index is 1.71. The third kappa shape index (κ3) is 3.42. The fraction of sp³-hybridized carbons (Fsp3) is 0.333. The molecule has 4 atom stereocenters. The Labute approximate surface area is 128 Å². The van der Waals surface area contributed by atoms with Crippen molar-refractivity contribution in [3.63, 3.8) is 0 Å². The van der Waals surface area contributed by atoms with Gasteiger partial charge in [-0.25, -0.2) is 0 Å². The molecule has 0 saturated heterocycles. The molecule has 0 heterocycles. The molecular formula is C18H19O2S-. The van der Waals surface area contributed by atoms with Crippen LogP contribution in [-0.2, 0) is 23.9 Å². The lowest BCUT2D eigenvalue weighted by Gasteiger charge is -2.46. The highest BCUT2D eigenvalue weighted by Gasteiger charge is 2.41. The zero-order valence-electron chi connectivity index (χ0n) is 11.9. The maximum atomic E-state index is 11.4. The van der Waals surface area contributed by atoms with E-state index in [2.05, 4.69) is 24.3 Å². The Morgan fingerprint density at radius 2 is 1.43 bits per heavy atom. The summed E-state index contributed by atoms with van der Waals surface area (Å²) in [5.74, 6) is 0.710. The van der Waals surface area contributed by atoms with Crippen LogP contribution in [0.2, 0.25) is 0 Å². The van der Waals surface area contributed by atoms with Crippen molar-refractivity contribution in [3.05, 3.63) is 71.8 Å². The normalized spacial score (nSPS) is 26.0. The maximum Gasteiger partial charge on any atom is 0.0252 e. The first-order chi connectivity index (χ1) is 10.2. The van der Waals surface area contributed by atoms with E-state index in [1.54, 1.807) is 0 Å². The minimum atomic E-state index is -1.96. The van der Waals surface area contributed by atoms with Gasteiger partial charge < -0.3 is 4.55 Å². The van der Waals surface area contributed by atoms with Crippen LogP contribution >= 0.6 is 0 Å². The van der Waals surface area contributed by atoms with Crippen LogP contribution < -0.4 is 0 Å². The van der Waals surface area contributed by atoms with Gasteiger partial charge in [-0.3, -0.25) is 4.21 Å². The van der Waals surface area contributed by atoms with Crippen molar-refractivity contribution in [1.82, 2.24) is 0 Å². The summed E-state index contributed by atoms with van der Waals surface area (Å²) in [5.41, 5.74) is 2.53. The SMILES string of the molecule is O=S([O-])C1CC(Cc2ccccc2)C1Cc1ccccc1. The summed E-state index contributed by atoms with van der Waals surface area (Å²) in [6.45, 7) is 0. The van der Waals surface area contributed by atoms with Crippen molar-refractivity contribution >= 4 is 11.1 Å². The first kappa shape index (κ1) is 14.5. The van der Waals surface area contributed by atoms with E-state index < -0.39 is 11.1 Å². The largest absolute Gasteiger partial charge is 0.772 e. The molecule has 0 aromatic heterocycles. The Kier molecular flexibility index (Phi) is 4.51. The average molecular weight is 299 g/mol. The van der Waals surface area contributed by atoms with E-state index in [0.717, 1.165) is 19.3 Å². The van der Waals surface area contributed by atoms with Crippen molar-refractivity contribution in [2.24, 2.45) is 11.8 Å². The fourth-order valence-corrected chi connectivity index (χ4v) is 4.32. The van der Waals surface area contributed by atoms with Gasteiger partial charge in [0.1, 0.15) is 0 Å². The van der Waals surface area contributed by atoms with Gasteiger partial charge in [0, 0.05) is 5.25 Å². The highest BCUT2D eigenvalue weighted by atomic mass is 32.2. The first-order valence-electron chi connectivity index (χ1n) is 7.40. The Morgan fingerprint density at radius 1 is 0.905 bits per heavy atom. The average Bonchev–Trinajstić information content (AvgIpc) is 2.50. The van der Waals surface area contributed by atoms with Crippen LogP contribution in [0.15, 0.2) is 60.7 Å². The van der Waals surface area contributed by atoms with Gasteiger partial charge in [0.05, 0.1) is 0 Å². The van der Waals surface area contributed by atoms with E-state index in [1.165, 1.54) is 11.1 Å².